The number of carbonyl (C=O) groups is 2. The number of nitrogens with one attached hydrogen (secondary N) is 2. The van der Waals surface area contributed by atoms with E-state index in [0.717, 1.165) is 12.0 Å². The summed E-state index contributed by atoms with van der Waals surface area (Å²) in [7, 11) is 0. The van der Waals surface area contributed by atoms with Gasteiger partial charge in [0.2, 0.25) is 5.91 Å². The Morgan fingerprint density at radius 3 is 2.40 bits per heavy atom. The second kappa shape index (κ2) is 8.19. The average molecular weight is 277 g/mol. The van der Waals surface area contributed by atoms with Gasteiger partial charge in [-0.05, 0) is 17.9 Å². The highest BCUT2D eigenvalue weighted by molar-refractivity contribution is 5.86. The minimum atomic E-state index is -0.690. The largest absolute Gasteiger partial charge is 0.354 e. The molecule has 0 saturated heterocycles. The molecule has 110 valence electrons. The Morgan fingerprint density at radius 2 is 1.85 bits per heavy atom. The number of carbonyl (C=O) groups excluding carboxylic acids is 2. The van der Waals surface area contributed by atoms with Gasteiger partial charge in [-0.15, -0.1) is 0 Å². The van der Waals surface area contributed by atoms with E-state index in [1.165, 1.54) is 0 Å². The number of hydrogen-bond donors (Lipinski definition) is 3. The monoisotopic (exact) mass is 277 g/mol. The zero-order valence-corrected chi connectivity index (χ0v) is 12.1. The van der Waals surface area contributed by atoms with Crippen LogP contribution in [-0.4, -0.2) is 24.5 Å². The Morgan fingerprint density at radius 1 is 1.20 bits per heavy atom. The smallest absolute Gasteiger partial charge is 0.312 e. The molecule has 1 aromatic carbocycles. The first-order valence-corrected chi connectivity index (χ1v) is 6.86. The van der Waals surface area contributed by atoms with Crippen molar-refractivity contribution in [1.82, 2.24) is 10.6 Å². The third-order valence-corrected chi connectivity index (χ3v) is 2.94. The predicted molar refractivity (Wildman–Crippen MR) is 79.1 cm³/mol. The number of primary amides is 1. The molecule has 5 heteroatoms. The first-order chi connectivity index (χ1) is 9.49. The Hall–Kier alpha value is -2.04. The molecule has 0 heterocycles. The van der Waals surface area contributed by atoms with Crippen LogP contribution in [0.1, 0.15) is 25.8 Å². The number of nitrogens with two attached hydrogens (primary N) is 1. The quantitative estimate of drug-likeness (QED) is 0.704. The Labute approximate surface area is 119 Å². The SMILES string of the molecule is CC(C)CCNC(=O)C(Cc1ccccc1)NC(N)=O. The van der Waals surface area contributed by atoms with Gasteiger partial charge in [0.05, 0.1) is 0 Å². The van der Waals surface area contributed by atoms with E-state index in [1.807, 2.05) is 30.3 Å². The lowest BCUT2D eigenvalue weighted by Crippen LogP contribution is -2.50. The van der Waals surface area contributed by atoms with Gasteiger partial charge in [-0.2, -0.15) is 0 Å². The van der Waals surface area contributed by atoms with Crippen LogP contribution in [0, 0.1) is 5.92 Å². The first-order valence-electron chi connectivity index (χ1n) is 6.86. The number of benzene rings is 1. The van der Waals surface area contributed by atoms with Gasteiger partial charge in [0, 0.05) is 13.0 Å². The van der Waals surface area contributed by atoms with E-state index < -0.39 is 12.1 Å². The number of urea groups is 1. The first kappa shape index (κ1) is 16.0. The molecule has 1 atom stereocenters. The summed E-state index contributed by atoms with van der Waals surface area (Å²) in [5.74, 6) is 0.320. The van der Waals surface area contributed by atoms with E-state index in [2.05, 4.69) is 24.5 Å². The molecule has 0 saturated carbocycles. The summed E-state index contributed by atoms with van der Waals surface area (Å²) in [5, 5.41) is 5.32. The van der Waals surface area contributed by atoms with Crippen LogP contribution in [0.2, 0.25) is 0 Å². The molecule has 20 heavy (non-hydrogen) atoms. The molecule has 0 aliphatic rings. The summed E-state index contributed by atoms with van der Waals surface area (Å²) in [5.41, 5.74) is 6.11. The molecular formula is C15H23N3O2. The Bertz CT molecular complexity index is 432. The number of rotatable bonds is 7. The fraction of sp³-hybridized carbons (Fsp3) is 0.467. The number of amides is 3. The standard InChI is InChI=1S/C15H23N3O2/c1-11(2)8-9-17-14(19)13(18-15(16)20)10-12-6-4-3-5-7-12/h3-7,11,13H,8-10H2,1-2H3,(H,17,19)(H3,16,18,20). The number of hydrogen-bond acceptors (Lipinski definition) is 2. The van der Waals surface area contributed by atoms with Crippen LogP contribution in [0.15, 0.2) is 30.3 Å². The summed E-state index contributed by atoms with van der Waals surface area (Å²) >= 11 is 0. The third kappa shape index (κ3) is 6.22. The molecule has 0 fully saturated rings. The summed E-state index contributed by atoms with van der Waals surface area (Å²) in [4.78, 5) is 23.1. The summed E-state index contributed by atoms with van der Waals surface area (Å²) in [6, 6.07) is 8.20. The predicted octanol–water partition coefficient (Wildman–Crippen LogP) is 1.43. The molecule has 0 spiro atoms. The molecule has 3 amide bonds. The molecule has 4 N–H and O–H groups in total. The lowest BCUT2D eigenvalue weighted by atomic mass is 10.1. The third-order valence-electron chi connectivity index (χ3n) is 2.94. The maximum atomic E-state index is 12.1. The molecule has 1 aromatic rings. The van der Waals surface area contributed by atoms with E-state index in [1.54, 1.807) is 0 Å². The second-order valence-corrected chi connectivity index (χ2v) is 5.22. The fourth-order valence-electron chi connectivity index (χ4n) is 1.84. The molecular weight excluding hydrogens is 254 g/mol. The maximum absolute atomic E-state index is 12.1. The maximum Gasteiger partial charge on any atom is 0.312 e. The fourth-order valence-corrected chi connectivity index (χ4v) is 1.84. The van der Waals surface area contributed by atoms with Crippen LogP contribution in [0.3, 0.4) is 0 Å². The highest BCUT2D eigenvalue weighted by atomic mass is 16.2. The van der Waals surface area contributed by atoms with E-state index in [-0.39, 0.29) is 5.91 Å². The second-order valence-electron chi connectivity index (χ2n) is 5.22. The van der Waals surface area contributed by atoms with E-state index >= 15 is 0 Å². The van der Waals surface area contributed by atoms with Crippen molar-refractivity contribution in [2.75, 3.05) is 6.54 Å². The lowest BCUT2D eigenvalue weighted by molar-refractivity contribution is -0.122. The zero-order valence-electron chi connectivity index (χ0n) is 12.1. The minimum Gasteiger partial charge on any atom is -0.354 e. The van der Waals surface area contributed by atoms with Gasteiger partial charge in [-0.25, -0.2) is 4.79 Å². The van der Waals surface area contributed by atoms with Crippen LogP contribution >= 0.6 is 0 Å². The molecule has 0 radical (unpaired) electrons. The average Bonchev–Trinajstić information content (AvgIpc) is 2.38. The Kier molecular flexibility index (Phi) is 6.56. The molecule has 0 aromatic heterocycles. The van der Waals surface area contributed by atoms with Crippen molar-refractivity contribution in [3.8, 4) is 0 Å². The highest BCUT2D eigenvalue weighted by Gasteiger charge is 2.19. The molecule has 5 nitrogen and oxygen atoms in total. The van der Waals surface area contributed by atoms with Crippen LogP contribution in [0.25, 0.3) is 0 Å². The van der Waals surface area contributed by atoms with Gasteiger partial charge < -0.3 is 16.4 Å². The van der Waals surface area contributed by atoms with Crippen LogP contribution in [0.5, 0.6) is 0 Å². The minimum absolute atomic E-state index is 0.201. The zero-order chi connectivity index (χ0) is 15.0. The summed E-state index contributed by atoms with van der Waals surface area (Å²) in [6.07, 6.45) is 1.33. The summed E-state index contributed by atoms with van der Waals surface area (Å²) < 4.78 is 0. The van der Waals surface area contributed by atoms with Crippen molar-refractivity contribution in [3.05, 3.63) is 35.9 Å². The van der Waals surface area contributed by atoms with Crippen LogP contribution in [0.4, 0.5) is 4.79 Å². The normalized spacial score (nSPS) is 11.9. The van der Waals surface area contributed by atoms with E-state index in [4.69, 9.17) is 5.73 Å². The van der Waals surface area contributed by atoms with Crippen molar-refractivity contribution in [2.45, 2.75) is 32.7 Å². The van der Waals surface area contributed by atoms with Gasteiger partial charge in [0.25, 0.3) is 0 Å². The topological polar surface area (TPSA) is 84.2 Å². The van der Waals surface area contributed by atoms with E-state index in [0.29, 0.717) is 18.9 Å². The molecule has 0 aliphatic carbocycles. The van der Waals surface area contributed by atoms with Crippen molar-refractivity contribution in [2.24, 2.45) is 11.7 Å². The molecule has 1 rings (SSSR count). The van der Waals surface area contributed by atoms with Crippen molar-refractivity contribution < 1.29 is 9.59 Å². The van der Waals surface area contributed by atoms with Crippen LogP contribution in [-0.2, 0) is 11.2 Å². The van der Waals surface area contributed by atoms with Gasteiger partial charge in [0.1, 0.15) is 6.04 Å². The van der Waals surface area contributed by atoms with Crippen molar-refractivity contribution in [1.29, 1.82) is 0 Å². The van der Waals surface area contributed by atoms with Crippen molar-refractivity contribution >= 4 is 11.9 Å². The summed E-state index contributed by atoms with van der Waals surface area (Å²) in [6.45, 7) is 4.78. The van der Waals surface area contributed by atoms with Gasteiger partial charge in [-0.3, -0.25) is 4.79 Å². The highest BCUT2D eigenvalue weighted by Crippen LogP contribution is 2.04. The van der Waals surface area contributed by atoms with Gasteiger partial charge in [0.15, 0.2) is 0 Å². The van der Waals surface area contributed by atoms with E-state index in [9.17, 15) is 9.59 Å². The lowest BCUT2D eigenvalue weighted by Gasteiger charge is -2.17. The van der Waals surface area contributed by atoms with Crippen LogP contribution < -0.4 is 16.4 Å². The molecule has 1 unspecified atom stereocenters. The van der Waals surface area contributed by atoms with Gasteiger partial charge in [-0.1, -0.05) is 44.2 Å². The van der Waals surface area contributed by atoms with Gasteiger partial charge >= 0.3 is 6.03 Å². The Balaban J connectivity index is 2.59. The molecule has 0 bridgehead atoms. The van der Waals surface area contributed by atoms with Crippen molar-refractivity contribution in [3.63, 3.8) is 0 Å². The molecule has 0 aliphatic heterocycles.